The smallest absolute Gasteiger partial charge is 0.191 e. The molecule has 2 N–H and O–H groups in total. The number of guanidine groups is 1. The third-order valence-corrected chi connectivity index (χ3v) is 4.52. The van der Waals surface area contributed by atoms with E-state index < -0.39 is 0 Å². The summed E-state index contributed by atoms with van der Waals surface area (Å²) < 4.78 is 16.2. The third kappa shape index (κ3) is 8.43. The van der Waals surface area contributed by atoms with Gasteiger partial charge in [0.05, 0.1) is 19.8 Å². The van der Waals surface area contributed by atoms with Crippen molar-refractivity contribution in [3.05, 3.63) is 64.7 Å². The average Bonchev–Trinajstić information content (AvgIpc) is 2.75. The lowest BCUT2D eigenvalue weighted by atomic mass is 10.1. The van der Waals surface area contributed by atoms with Crippen LogP contribution in [0, 0.1) is 6.92 Å². The van der Waals surface area contributed by atoms with E-state index >= 15 is 0 Å². The number of aryl methyl sites for hydroxylation is 1. The Morgan fingerprint density at radius 3 is 2.40 bits per heavy atom. The highest BCUT2D eigenvalue weighted by Gasteiger charge is 2.06. The Morgan fingerprint density at radius 2 is 1.70 bits per heavy atom. The third-order valence-electron chi connectivity index (χ3n) is 4.52. The maximum atomic E-state index is 5.98. The molecule has 30 heavy (non-hydrogen) atoms. The van der Waals surface area contributed by atoms with Crippen LogP contribution < -0.4 is 15.4 Å². The van der Waals surface area contributed by atoms with Gasteiger partial charge in [-0.3, -0.25) is 0 Å². The first-order valence-electron chi connectivity index (χ1n) is 10.5. The molecule has 2 aromatic rings. The lowest BCUT2D eigenvalue weighted by Gasteiger charge is -2.15. The molecule has 0 bridgehead atoms. The zero-order valence-corrected chi connectivity index (χ0v) is 18.7. The van der Waals surface area contributed by atoms with E-state index in [2.05, 4.69) is 66.9 Å². The number of hydrogen-bond acceptors (Lipinski definition) is 4. The van der Waals surface area contributed by atoms with E-state index in [0.717, 1.165) is 41.4 Å². The summed E-state index contributed by atoms with van der Waals surface area (Å²) in [4.78, 5) is 4.71. The first-order chi connectivity index (χ1) is 14.7. The highest BCUT2D eigenvalue weighted by Crippen LogP contribution is 2.20. The Kier molecular flexibility index (Phi) is 10.8. The number of ether oxygens (including phenoxy) is 3. The van der Waals surface area contributed by atoms with Gasteiger partial charge in [0.25, 0.3) is 0 Å². The molecule has 2 aromatic carbocycles. The predicted molar refractivity (Wildman–Crippen MR) is 122 cm³/mol. The van der Waals surface area contributed by atoms with Crippen molar-refractivity contribution in [1.29, 1.82) is 0 Å². The van der Waals surface area contributed by atoms with Crippen LogP contribution in [0.15, 0.2) is 47.5 Å². The summed E-state index contributed by atoms with van der Waals surface area (Å²) in [6.07, 6.45) is 0.866. The summed E-state index contributed by atoms with van der Waals surface area (Å²) in [5.74, 6) is 1.69. The van der Waals surface area contributed by atoms with E-state index in [1.54, 1.807) is 14.2 Å². The zero-order chi connectivity index (χ0) is 21.6. The number of nitrogens with zero attached hydrogens (tertiary/aromatic N) is 1. The van der Waals surface area contributed by atoms with Crippen LogP contribution in [-0.4, -0.2) is 39.9 Å². The molecule has 0 amide bonds. The fourth-order valence-electron chi connectivity index (χ4n) is 2.93. The van der Waals surface area contributed by atoms with Crippen LogP contribution in [0.4, 0.5) is 0 Å². The van der Waals surface area contributed by atoms with Crippen molar-refractivity contribution < 1.29 is 14.2 Å². The molecule has 6 nitrogen and oxygen atoms in total. The number of methoxy groups -OCH3 is 2. The fourth-order valence-corrected chi connectivity index (χ4v) is 2.93. The monoisotopic (exact) mass is 413 g/mol. The quantitative estimate of drug-likeness (QED) is 0.315. The Morgan fingerprint density at radius 1 is 0.933 bits per heavy atom. The summed E-state index contributed by atoms with van der Waals surface area (Å²) >= 11 is 0. The molecule has 0 fully saturated rings. The Hall–Kier alpha value is -2.57. The van der Waals surface area contributed by atoms with Gasteiger partial charge in [-0.25, -0.2) is 4.99 Å². The summed E-state index contributed by atoms with van der Waals surface area (Å²) in [5, 5.41) is 6.72. The standard InChI is InChI=1S/C24H35N3O3/c1-5-25-24(26-16-20-8-10-21(11-9-20)18-29-4)27-17-22-12-7-19(2)15-23(22)30-14-6-13-28-3/h7-12,15H,5-6,13-14,16-18H2,1-4H3,(H2,25,26,27). The van der Waals surface area contributed by atoms with Gasteiger partial charge in [0.2, 0.25) is 0 Å². The lowest BCUT2D eigenvalue weighted by Crippen LogP contribution is -2.36. The molecule has 6 heteroatoms. The Bertz CT molecular complexity index is 776. The molecule has 0 unspecified atom stereocenters. The van der Waals surface area contributed by atoms with Gasteiger partial charge in [0.1, 0.15) is 5.75 Å². The van der Waals surface area contributed by atoms with Crippen LogP contribution in [0.3, 0.4) is 0 Å². The second-order valence-electron chi connectivity index (χ2n) is 7.10. The van der Waals surface area contributed by atoms with Crippen LogP contribution in [0.5, 0.6) is 5.75 Å². The van der Waals surface area contributed by atoms with Crippen molar-refractivity contribution in [2.24, 2.45) is 4.99 Å². The maximum absolute atomic E-state index is 5.98. The van der Waals surface area contributed by atoms with Gasteiger partial charge in [0.15, 0.2) is 5.96 Å². The first-order valence-corrected chi connectivity index (χ1v) is 10.5. The van der Waals surface area contributed by atoms with Gasteiger partial charge < -0.3 is 24.8 Å². The first kappa shape index (κ1) is 23.7. The Labute approximate surface area is 180 Å². The van der Waals surface area contributed by atoms with Crippen LogP contribution in [0.1, 0.15) is 35.6 Å². The molecule has 164 valence electrons. The molecule has 0 saturated heterocycles. The SMILES string of the molecule is CCNC(=NCc1ccc(COC)cc1)NCc1ccc(C)cc1OCCCOC. The average molecular weight is 414 g/mol. The van der Waals surface area contributed by atoms with E-state index in [0.29, 0.717) is 32.9 Å². The molecular weight excluding hydrogens is 378 g/mol. The highest BCUT2D eigenvalue weighted by atomic mass is 16.5. The number of benzene rings is 2. The van der Waals surface area contributed by atoms with Crippen molar-refractivity contribution in [2.45, 2.75) is 40.0 Å². The van der Waals surface area contributed by atoms with E-state index in [-0.39, 0.29) is 0 Å². The van der Waals surface area contributed by atoms with Crippen molar-refractivity contribution in [3.63, 3.8) is 0 Å². The summed E-state index contributed by atoms with van der Waals surface area (Å²) in [5.41, 5.74) is 4.60. The van der Waals surface area contributed by atoms with E-state index in [1.807, 2.05) is 0 Å². The minimum Gasteiger partial charge on any atom is -0.493 e. The molecular formula is C24H35N3O3. The number of rotatable bonds is 12. The van der Waals surface area contributed by atoms with Gasteiger partial charge in [-0.2, -0.15) is 0 Å². The van der Waals surface area contributed by atoms with Gasteiger partial charge in [0, 0.05) is 45.9 Å². The number of hydrogen-bond donors (Lipinski definition) is 2. The molecule has 0 saturated carbocycles. The van der Waals surface area contributed by atoms with Gasteiger partial charge >= 0.3 is 0 Å². The molecule has 2 rings (SSSR count). The van der Waals surface area contributed by atoms with Crippen molar-refractivity contribution in [1.82, 2.24) is 10.6 Å². The van der Waals surface area contributed by atoms with E-state index in [9.17, 15) is 0 Å². The number of nitrogens with one attached hydrogen (secondary N) is 2. The fraction of sp³-hybridized carbons (Fsp3) is 0.458. The maximum Gasteiger partial charge on any atom is 0.191 e. The van der Waals surface area contributed by atoms with Crippen molar-refractivity contribution >= 4 is 5.96 Å². The van der Waals surface area contributed by atoms with Gasteiger partial charge in [-0.05, 0) is 36.6 Å². The van der Waals surface area contributed by atoms with Gasteiger partial charge in [-0.15, -0.1) is 0 Å². The van der Waals surface area contributed by atoms with Crippen LogP contribution in [-0.2, 0) is 29.2 Å². The molecule has 0 aliphatic heterocycles. The topological polar surface area (TPSA) is 64.1 Å². The molecule has 0 atom stereocenters. The zero-order valence-electron chi connectivity index (χ0n) is 18.7. The lowest BCUT2D eigenvalue weighted by molar-refractivity contribution is 0.171. The summed E-state index contributed by atoms with van der Waals surface area (Å²) in [6, 6.07) is 14.6. The molecule has 0 aliphatic rings. The normalized spacial score (nSPS) is 11.4. The van der Waals surface area contributed by atoms with Crippen molar-refractivity contribution in [3.8, 4) is 5.75 Å². The van der Waals surface area contributed by atoms with Crippen LogP contribution in [0.25, 0.3) is 0 Å². The predicted octanol–water partition coefficient (Wildman–Crippen LogP) is 3.81. The molecule has 0 spiro atoms. The summed E-state index contributed by atoms with van der Waals surface area (Å²) in [7, 11) is 3.41. The minimum atomic E-state index is 0.608. The van der Waals surface area contributed by atoms with E-state index in [4.69, 9.17) is 19.2 Å². The van der Waals surface area contributed by atoms with Gasteiger partial charge in [-0.1, -0.05) is 36.4 Å². The molecule has 0 radical (unpaired) electrons. The molecule has 0 aliphatic carbocycles. The summed E-state index contributed by atoms with van der Waals surface area (Å²) in [6.45, 7) is 8.14. The van der Waals surface area contributed by atoms with Crippen LogP contribution in [0.2, 0.25) is 0 Å². The largest absolute Gasteiger partial charge is 0.493 e. The second-order valence-corrected chi connectivity index (χ2v) is 7.10. The van der Waals surface area contributed by atoms with E-state index in [1.165, 1.54) is 5.56 Å². The second kappa shape index (κ2) is 13.6. The van der Waals surface area contributed by atoms with Crippen molar-refractivity contribution in [2.75, 3.05) is 34.0 Å². The number of aliphatic imine (C=N–C) groups is 1. The molecule has 0 heterocycles. The molecule has 0 aromatic heterocycles. The minimum absolute atomic E-state index is 0.608. The Balaban J connectivity index is 1.98. The van der Waals surface area contributed by atoms with Crippen LogP contribution >= 0.6 is 0 Å². The highest BCUT2D eigenvalue weighted by molar-refractivity contribution is 5.79.